The van der Waals surface area contributed by atoms with Crippen LogP contribution in [-0.2, 0) is 0 Å². The Morgan fingerprint density at radius 1 is 1.10 bits per heavy atom. The fraction of sp³-hybridized carbons (Fsp3) is 0.200. The van der Waals surface area contributed by atoms with Gasteiger partial charge < -0.3 is 5.73 Å². The van der Waals surface area contributed by atoms with E-state index in [9.17, 15) is 0 Å². The highest BCUT2D eigenvalue weighted by Crippen LogP contribution is 2.35. The standard InChI is InChI=1S/C15H14Cl2N4/c1-7-8(2)21(11-6-4-5-10(16)13(11)17)15-12(7)14(18)19-9(3)20-15/h4-6H,1-3H3,(H2,18,19,20). The van der Waals surface area contributed by atoms with Crippen LogP contribution in [0.3, 0.4) is 0 Å². The van der Waals surface area contributed by atoms with E-state index in [-0.39, 0.29) is 0 Å². The van der Waals surface area contributed by atoms with E-state index in [0.717, 1.165) is 28.0 Å². The molecule has 0 aliphatic carbocycles. The van der Waals surface area contributed by atoms with Crippen molar-refractivity contribution in [1.82, 2.24) is 14.5 Å². The van der Waals surface area contributed by atoms with Crippen LogP contribution in [0.5, 0.6) is 0 Å². The van der Waals surface area contributed by atoms with Crippen molar-refractivity contribution >= 4 is 40.1 Å². The average molecular weight is 321 g/mol. The van der Waals surface area contributed by atoms with Crippen LogP contribution in [0.2, 0.25) is 10.0 Å². The lowest BCUT2D eigenvalue weighted by atomic mass is 10.2. The number of rotatable bonds is 1. The van der Waals surface area contributed by atoms with Crippen molar-refractivity contribution in [3.63, 3.8) is 0 Å². The van der Waals surface area contributed by atoms with Crippen LogP contribution in [0.1, 0.15) is 17.1 Å². The monoisotopic (exact) mass is 320 g/mol. The summed E-state index contributed by atoms with van der Waals surface area (Å²) in [6, 6.07) is 5.53. The quantitative estimate of drug-likeness (QED) is 0.729. The number of nitrogen functional groups attached to an aromatic ring is 1. The maximum absolute atomic E-state index is 6.36. The summed E-state index contributed by atoms with van der Waals surface area (Å²) in [4.78, 5) is 8.78. The summed E-state index contributed by atoms with van der Waals surface area (Å²) in [6.45, 7) is 5.82. The lowest BCUT2D eigenvalue weighted by Gasteiger charge is -2.11. The van der Waals surface area contributed by atoms with Gasteiger partial charge in [-0.2, -0.15) is 0 Å². The first-order valence-corrected chi connectivity index (χ1v) is 7.23. The zero-order valence-electron chi connectivity index (χ0n) is 11.9. The number of nitrogens with zero attached hydrogens (tertiary/aromatic N) is 3. The predicted octanol–water partition coefficient (Wildman–Crippen LogP) is 4.23. The van der Waals surface area contributed by atoms with Crippen molar-refractivity contribution < 1.29 is 0 Å². The fourth-order valence-electron chi connectivity index (χ4n) is 2.57. The van der Waals surface area contributed by atoms with E-state index in [2.05, 4.69) is 9.97 Å². The first kappa shape index (κ1) is 14.2. The number of nitrogens with two attached hydrogens (primary N) is 1. The molecule has 0 unspecified atom stereocenters. The molecule has 0 atom stereocenters. The third-order valence-electron chi connectivity index (χ3n) is 3.67. The van der Waals surface area contributed by atoms with E-state index >= 15 is 0 Å². The average Bonchev–Trinajstić information content (AvgIpc) is 2.66. The van der Waals surface area contributed by atoms with Crippen LogP contribution < -0.4 is 5.73 Å². The van der Waals surface area contributed by atoms with Crippen molar-refractivity contribution in [3.05, 3.63) is 45.3 Å². The van der Waals surface area contributed by atoms with Crippen LogP contribution in [0, 0.1) is 20.8 Å². The van der Waals surface area contributed by atoms with Crippen molar-refractivity contribution in [2.75, 3.05) is 5.73 Å². The molecule has 1 aromatic carbocycles. The molecule has 2 N–H and O–H groups in total. The van der Waals surface area contributed by atoms with E-state index in [4.69, 9.17) is 28.9 Å². The van der Waals surface area contributed by atoms with E-state index in [1.807, 2.05) is 37.5 Å². The fourth-order valence-corrected chi connectivity index (χ4v) is 2.95. The van der Waals surface area contributed by atoms with Gasteiger partial charge in [0.05, 0.1) is 21.1 Å². The summed E-state index contributed by atoms with van der Waals surface area (Å²) in [7, 11) is 0. The molecule has 6 heteroatoms. The third kappa shape index (κ3) is 2.06. The molecular formula is C15H14Cl2N4. The number of aryl methyl sites for hydroxylation is 2. The van der Waals surface area contributed by atoms with Crippen molar-refractivity contribution in [3.8, 4) is 5.69 Å². The number of hydrogen-bond acceptors (Lipinski definition) is 3. The highest BCUT2D eigenvalue weighted by atomic mass is 35.5. The Morgan fingerprint density at radius 3 is 2.52 bits per heavy atom. The predicted molar refractivity (Wildman–Crippen MR) is 87.5 cm³/mol. The van der Waals surface area contributed by atoms with Crippen LogP contribution in [0.15, 0.2) is 18.2 Å². The molecule has 0 saturated heterocycles. The van der Waals surface area contributed by atoms with Gasteiger partial charge in [-0.1, -0.05) is 29.3 Å². The molecule has 0 radical (unpaired) electrons. The van der Waals surface area contributed by atoms with Gasteiger partial charge in [-0.25, -0.2) is 9.97 Å². The molecule has 0 spiro atoms. The van der Waals surface area contributed by atoms with Crippen LogP contribution in [0.4, 0.5) is 5.82 Å². The Kier molecular flexibility index (Phi) is 3.30. The first-order valence-electron chi connectivity index (χ1n) is 6.48. The SMILES string of the molecule is Cc1nc(N)c2c(C)c(C)n(-c3cccc(Cl)c3Cl)c2n1. The molecule has 0 amide bonds. The summed E-state index contributed by atoms with van der Waals surface area (Å²) >= 11 is 12.5. The summed E-state index contributed by atoms with van der Waals surface area (Å²) in [5, 5.41) is 1.86. The minimum absolute atomic E-state index is 0.481. The summed E-state index contributed by atoms with van der Waals surface area (Å²) in [6.07, 6.45) is 0. The summed E-state index contributed by atoms with van der Waals surface area (Å²) in [5.41, 5.74) is 9.66. The van der Waals surface area contributed by atoms with Gasteiger partial charge in [0.15, 0.2) is 5.65 Å². The maximum Gasteiger partial charge on any atom is 0.150 e. The highest BCUT2D eigenvalue weighted by Gasteiger charge is 2.19. The van der Waals surface area contributed by atoms with Gasteiger partial charge in [0.2, 0.25) is 0 Å². The van der Waals surface area contributed by atoms with Gasteiger partial charge >= 0.3 is 0 Å². The summed E-state index contributed by atoms with van der Waals surface area (Å²) < 4.78 is 1.98. The molecule has 0 aliphatic rings. The lowest BCUT2D eigenvalue weighted by Crippen LogP contribution is -2.02. The first-order chi connectivity index (χ1) is 9.91. The Balaban J connectivity index is 2.48. The van der Waals surface area contributed by atoms with Gasteiger partial charge in [0.25, 0.3) is 0 Å². The molecule has 4 nitrogen and oxygen atoms in total. The Labute approximate surface area is 132 Å². The van der Waals surface area contributed by atoms with E-state index in [0.29, 0.717) is 21.7 Å². The zero-order chi connectivity index (χ0) is 15.3. The Morgan fingerprint density at radius 2 is 1.81 bits per heavy atom. The molecule has 0 bridgehead atoms. The normalized spacial score (nSPS) is 11.3. The minimum Gasteiger partial charge on any atom is -0.383 e. The molecule has 21 heavy (non-hydrogen) atoms. The van der Waals surface area contributed by atoms with Gasteiger partial charge in [-0.05, 0) is 38.5 Å². The number of aromatic nitrogens is 3. The largest absolute Gasteiger partial charge is 0.383 e. The second-order valence-corrected chi connectivity index (χ2v) is 5.76. The molecule has 0 saturated carbocycles. The number of halogens is 2. The molecule has 2 heterocycles. The topological polar surface area (TPSA) is 56.7 Å². The van der Waals surface area contributed by atoms with Crippen LogP contribution in [-0.4, -0.2) is 14.5 Å². The summed E-state index contributed by atoms with van der Waals surface area (Å²) in [5.74, 6) is 1.10. The van der Waals surface area contributed by atoms with E-state index < -0.39 is 0 Å². The molecule has 108 valence electrons. The Hall–Kier alpha value is -1.78. The third-order valence-corrected chi connectivity index (χ3v) is 4.48. The van der Waals surface area contributed by atoms with Gasteiger partial charge in [0, 0.05) is 5.69 Å². The van der Waals surface area contributed by atoms with E-state index in [1.165, 1.54) is 0 Å². The molecule has 2 aromatic heterocycles. The lowest BCUT2D eigenvalue weighted by molar-refractivity contribution is 0.996. The number of benzene rings is 1. The number of anilines is 1. The molecule has 3 aromatic rings. The van der Waals surface area contributed by atoms with Gasteiger partial charge in [0.1, 0.15) is 11.6 Å². The Bertz CT molecular complexity index is 868. The van der Waals surface area contributed by atoms with Crippen molar-refractivity contribution in [1.29, 1.82) is 0 Å². The minimum atomic E-state index is 0.481. The smallest absolute Gasteiger partial charge is 0.150 e. The highest BCUT2D eigenvalue weighted by molar-refractivity contribution is 6.43. The van der Waals surface area contributed by atoms with Crippen LogP contribution in [0.25, 0.3) is 16.7 Å². The van der Waals surface area contributed by atoms with E-state index in [1.54, 1.807) is 6.07 Å². The van der Waals surface area contributed by atoms with Gasteiger partial charge in [-0.3, -0.25) is 4.57 Å². The zero-order valence-corrected chi connectivity index (χ0v) is 13.4. The second-order valence-electron chi connectivity index (χ2n) is 4.97. The molecule has 0 fully saturated rings. The van der Waals surface area contributed by atoms with Crippen molar-refractivity contribution in [2.24, 2.45) is 0 Å². The van der Waals surface area contributed by atoms with Crippen molar-refractivity contribution in [2.45, 2.75) is 20.8 Å². The number of fused-ring (bicyclic) bond motifs is 1. The molecule has 3 rings (SSSR count). The van der Waals surface area contributed by atoms with Gasteiger partial charge in [-0.15, -0.1) is 0 Å². The van der Waals surface area contributed by atoms with Crippen LogP contribution >= 0.6 is 23.2 Å². The molecule has 0 aliphatic heterocycles. The number of hydrogen-bond donors (Lipinski definition) is 1. The molecular weight excluding hydrogens is 307 g/mol. The maximum atomic E-state index is 6.36. The second kappa shape index (κ2) is 4.90.